The number of amides is 1. The molecule has 1 aliphatic rings. The molecule has 1 N–H and O–H groups in total. The molecule has 2 unspecified atom stereocenters. The van der Waals surface area contributed by atoms with Crippen LogP contribution in [-0.4, -0.2) is 25.2 Å². The van der Waals surface area contributed by atoms with Crippen LogP contribution < -0.4 is 10.1 Å². The second-order valence-electron chi connectivity index (χ2n) is 7.21. The number of para-hydroxylation sites is 1. The molecule has 0 aliphatic carbocycles. The number of hydrogen-bond donors (Lipinski definition) is 1. The highest BCUT2D eigenvalue weighted by Gasteiger charge is 2.20. The van der Waals surface area contributed by atoms with Crippen LogP contribution in [0.4, 0.5) is 0 Å². The van der Waals surface area contributed by atoms with Gasteiger partial charge in [-0.15, -0.1) is 0 Å². The Hall–Kier alpha value is -2.85. The third-order valence-corrected chi connectivity index (χ3v) is 5.22. The zero-order valence-corrected chi connectivity index (χ0v) is 16.1. The van der Waals surface area contributed by atoms with Crippen molar-refractivity contribution in [2.45, 2.75) is 31.9 Å². The summed E-state index contributed by atoms with van der Waals surface area (Å²) in [6.45, 7) is 3.28. The van der Waals surface area contributed by atoms with Crippen LogP contribution in [-0.2, 0) is 4.74 Å². The summed E-state index contributed by atoms with van der Waals surface area (Å²) in [5.74, 6) is 0.462. The van der Waals surface area contributed by atoms with Crippen molar-refractivity contribution in [1.82, 2.24) is 5.32 Å². The molecule has 0 spiro atoms. The normalized spacial score (nSPS) is 17.4. The lowest BCUT2D eigenvalue weighted by Gasteiger charge is -2.18. The molecule has 1 saturated heterocycles. The Bertz CT molecular complexity index is 957. The maximum Gasteiger partial charge on any atom is 0.255 e. The van der Waals surface area contributed by atoms with E-state index in [9.17, 15) is 4.79 Å². The van der Waals surface area contributed by atoms with Crippen LogP contribution in [0.2, 0.25) is 0 Å². The van der Waals surface area contributed by atoms with E-state index in [1.807, 2.05) is 43.3 Å². The fourth-order valence-electron chi connectivity index (χ4n) is 3.72. The molecule has 3 aromatic rings. The van der Waals surface area contributed by atoms with Crippen molar-refractivity contribution in [3.63, 3.8) is 0 Å². The fourth-order valence-corrected chi connectivity index (χ4v) is 3.72. The monoisotopic (exact) mass is 375 g/mol. The molecule has 3 aromatic carbocycles. The first-order valence-electron chi connectivity index (χ1n) is 9.84. The minimum absolute atomic E-state index is 0.116. The van der Waals surface area contributed by atoms with Crippen LogP contribution in [0, 0.1) is 0 Å². The number of rotatable bonds is 6. The number of nitrogens with one attached hydrogen (secondary N) is 1. The summed E-state index contributed by atoms with van der Waals surface area (Å²) < 4.78 is 11.5. The van der Waals surface area contributed by atoms with Gasteiger partial charge in [0.25, 0.3) is 5.91 Å². The van der Waals surface area contributed by atoms with Gasteiger partial charge in [0.05, 0.1) is 17.7 Å². The zero-order chi connectivity index (χ0) is 19.3. The van der Waals surface area contributed by atoms with Gasteiger partial charge >= 0.3 is 0 Å². The van der Waals surface area contributed by atoms with Gasteiger partial charge in [-0.3, -0.25) is 4.79 Å². The molecule has 4 heteroatoms. The van der Waals surface area contributed by atoms with Crippen LogP contribution in [0.25, 0.3) is 10.8 Å². The molecule has 4 nitrogen and oxygen atoms in total. The topological polar surface area (TPSA) is 47.6 Å². The average Bonchev–Trinajstić information content (AvgIpc) is 3.25. The molecule has 4 rings (SSSR count). The standard InChI is InChI=1S/C24H25NO3/c1-17(20-13-6-9-18-8-2-3-11-21(18)20)25-24(26)22-12-4-5-14-23(22)28-16-19-10-7-15-27-19/h2-6,8-9,11-14,17,19H,7,10,15-16H2,1H3,(H,25,26). The van der Waals surface area contributed by atoms with Crippen molar-refractivity contribution in [1.29, 1.82) is 0 Å². The van der Waals surface area contributed by atoms with Gasteiger partial charge < -0.3 is 14.8 Å². The van der Waals surface area contributed by atoms with Crippen LogP contribution in [0.3, 0.4) is 0 Å². The minimum atomic E-state index is -0.136. The Morgan fingerprint density at radius 2 is 1.89 bits per heavy atom. The van der Waals surface area contributed by atoms with Crippen molar-refractivity contribution in [3.8, 4) is 5.75 Å². The van der Waals surface area contributed by atoms with Crippen molar-refractivity contribution >= 4 is 16.7 Å². The smallest absolute Gasteiger partial charge is 0.255 e. The molecule has 1 fully saturated rings. The van der Waals surface area contributed by atoms with Crippen LogP contribution in [0.15, 0.2) is 66.7 Å². The van der Waals surface area contributed by atoms with Gasteiger partial charge in [0, 0.05) is 6.61 Å². The van der Waals surface area contributed by atoms with Gasteiger partial charge in [-0.1, -0.05) is 54.6 Å². The van der Waals surface area contributed by atoms with Gasteiger partial charge in [-0.25, -0.2) is 0 Å². The Kier molecular flexibility index (Phi) is 5.58. The predicted octanol–water partition coefficient (Wildman–Crippen LogP) is 4.89. The third kappa shape index (κ3) is 4.02. The fraction of sp³-hybridized carbons (Fsp3) is 0.292. The summed E-state index contributed by atoms with van der Waals surface area (Å²) in [5, 5.41) is 5.44. The van der Waals surface area contributed by atoms with E-state index in [-0.39, 0.29) is 18.1 Å². The minimum Gasteiger partial charge on any atom is -0.490 e. The van der Waals surface area contributed by atoms with Gasteiger partial charge in [-0.2, -0.15) is 0 Å². The molecule has 28 heavy (non-hydrogen) atoms. The Labute approximate surface area is 165 Å². The highest BCUT2D eigenvalue weighted by atomic mass is 16.5. The van der Waals surface area contributed by atoms with Crippen molar-refractivity contribution in [2.24, 2.45) is 0 Å². The van der Waals surface area contributed by atoms with E-state index < -0.39 is 0 Å². The maximum atomic E-state index is 13.0. The van der Waals surface area contributed by atoms with Crippen molar-refractivity contribution in [2.75, 3.05) is 13.2 Å². The lowest BCUT2D eigenvalue weighted by Crippen LogP contribution is -2.27. The Morgan fingerprint density at radius 1 is 1.11 bits per heavy atom. The number of hydrogen-bond acceptors (Lipinski definition) is 3. The SMILES string of the molecule is CC(NC(=O)c1ccccc1OCC1CCCO1)c1cccc2ccccc12. The summed E-state index contributed by atoms with van der Waals surface area (Å²) >= 11 is 0. The van der Waals surface area contributed by atoms with Gasteiger partial charge in [-0.05, 0) is 48.2 Å². The summed E-state index contributed by atoms with van der Waals surface area (Å²) in [6, 6.07) is 21.7. The number of carbonyl (C=O) groups is 1. The maximum absolute atomic E-state index is 13.0. The van der Waals surface area contributed by atoms with Gasteiger partial charge in [0.2, 0.25) is 0 Å². The first-order chi connectivity index (χ1) is 13.7. The average molecular weight is 375 g/mol. The number of fused-ring (bicyclic) bond motifs is 1. The second kappa shape index (κ2) is 8.44. The number of ether oxygens (including phenoxy) is 2. The molecular formula is C24H25NO3. The molecule has 0 saturated carbocycles. The summed E-state index contributed by atoms with van der Waals surface area (Å²) in [7, 11) is 0. The lowest BCUT2D eigenvalue weighted by atomic mass is 9.99. The molecule has 0 aromatic heterocycles. The Balaban J connectivity index is 1.50. The zero-order valence-electron chi connectivity index (χ0n) is 16.1. The first kappa shape index (κ1) is 18.5. The predicted molar refractivity (Wildman–Crippen MR) is 111 cm³/mol. The molecule has 0 bridgehead atoms. The summed E-state index contributed by atoms with van der Waals surface area (Å²) in [5.41, 5.74) is 1.65. The van der Waals surface area contributed by atoms with E-state index in [0.717, 1.165) is 30.4 Å². The van der Waals surface area contributed by atoms with E-state index in [4.69, 9.17) is 9.47 Å². The molecule has 0 radical (unpaired) electrons. The highest BCUT2D eigenvalue weighted by molar-refractivity contribution is 5.97. The molecule has 2 atom stereocenters. The Morgan fingerprint density at radius 3 is 2.75 bits per heavy atom. The van der Waals surface area contributed by atoms with E-state index in [0.29, 0.717) is 17.9 Å². The second-order valence-corrected chi connectivity index (χ2v) is 7.21. The van der Waals surface area contributed by atoms with Gasteiger partial charge in [0.1, 0.15) is 12.4 Å². The number of carbonyl (C=O) groups excluding carboxylic acids is 1. The van der Waals surface area contributed by atoms with Crippen molar-refractivity contribution < 1.29 is 14.3 Å². The van der Waals surface area contributed by atoms with Gasteiger partial charge in [0.15, 0.2) is 0 Å². The van der Waals surface area contributed by atoms with E-state index in [2.05, 4.69) is 29.6 Å². The van der Waals surface area contributed by atoms with E-state index in [1.165, 1.54) is 5.39 Å². The first-order valence-corrected chi connectivity index (χ1v) is 9.84. The summed E-state index contributed by atoms with van der Waals surface area (Å²) in [4.78, 5) is 13.0. The van der Waals surface area contributed by atoms with E-state index >= 15 is 0 Å². The molecule has 1 amide bonds. The molecule has 144 valence electrons. The quantitative estimate of drug-likeness (QED) is 0.667. The molecule has 1 aliphatic heterocycles. The highest BCUT2D eigenvalue weighted by Crippen LogP contribution is 2.26. The summed E-state index contributed by atoms with van der Waals surface area (Å²) in [6.07, 6.45) is 2.19. The van der Waals surface area contributed by atoms with Crippen LogP contribution >= 0.6 is 0 Å². The van der Waals surface area contributed by atoms with Crippen LogP contribution in [0.1, 0.15) is 41.7 Å². The largest absolute Gasteiger partial charge is 0.490 e. The lowest BCUT2D eigenvalue weighted by molar-refractivity contribution is 0.0670. The van der Waals surface area contributed by atoms with E-state index in [1.54, 1.807) is 6.07 Å². The molecular weight excluding hydrogens is 350 g/mol. The molecule has 1 heterocycles. The number of benzene rings is 3. The third-order valence-electron chi connectivity index (χ3n) is 5.22. The van der Waals surface area contributed by atoms with Crippen LogP contribution in [0.5, 0.6) is 5.75 Å². The van der Waals surface area contributed by atoms with Crippen molar-refractivity contribution in [3.05, 3.63) is 77.9 Å².